The normalized spacial score (nSPS) is 15.3. The Morgan fingerprint density at radius 2 is 2.00 bits per heavy atom. The molecular formula is C14H29NO5Si. The lowest BCUT2D eigenvalue weighted by Crippen LogP contribution is -2.54. The molecule has 0 aliphatic rings. The lowest BCUT2D eigenvalue weighted by molar-refractivity contribution is 0.0318. The van der Waals surface area contributed by atoms with Crippen LogP contribution in [0.3, 0.4) is 0 Å². The summed E-state index contributed by atoms with van der Waals surface area (Å²) in [4.78, 5) is 10.9. The number of aliphatic hydroxyl groups is 1. The number of hydrogen-bond acceptors (Lipinski definition) is 4. The van der Waals surface area contributed by atoms with Crippen LogP contribution < -0.4 is 5.32 Å². The molecule has 0 radical (unpaired) electrons. The summed E-state index contributed by atoms with van der Waals surface area (Å²) in [6.07, 6.45) is -0.216. The number of hydrogen-bond donors (Lipinski definition) is 3. The van der Waals surface area contributed by atoms with Crippen molar-refractivity contribution in [1.82, 2.24) is 5.32 Å². The molecule has 0 aromatic heterocycles. The van der Waals surface area contributed by atoms with Gasteiger partial charge in [0.15, 0.2) is 8.32 Å². The van der Waals surface area contributed by atoms with Crippen molar-refractivity contribution < 1.29 is 24.2 Å². The number of nitrogens with one attached hydrogen (secondary N) is 1. The molecule has 0 saturated carbocycles. The molecule has 2 atom stereocenters. The zero-order valence-electron chi connectivity index (χ0n) is 13.7. The van der Waals surface area contributed by atoms with Crippen LogP contribution >= 0.6 is 0 Å². The van der Waals surface area contributed by atoms with Gasteiger partial charge in [0.05, 0.1) is 32.0 Å². The minimum atomic E-state index is -2.12. The summed E-state index contributed by atoms with van der Waals surface area (Å²) in [7, 11) is -2.12. The van der Waals surface area contributed by atoms with E-state index in [1.165, 1.54) is 0 Å². The van der Waals surface area contributed by atoms with Gasteiger partial charge in [0.25, 0.3) is 0 Å². The molecule has 0 aromatic rings. The molecule has 124 valence electrons. The summed E-state index contributed by atoms with van der Waals surface area (Å²) in [5.41, 5.74) is 0. The van der Waals surface area contributed by atoms with E-state index in [0.29, 0.717) is 6.61 Å². The molecule has 7 heteroatoms. The Morgan fingerprint density at radius 1 is 1.43 bits per heavy atom. The van der Waals surface area contributed by atoms with Crippen molar-refractivity contribution >= 4 is 14.4 Å². The largest absolute Gasteiger partial charge is 0.465 e. The number of carboxylic acid groups (broad SMARTS) is 1. The maximum Gasteiger partial charge on any atom is 0.405 e. The molecule has 0 saturated heterocycles. The third-order valence-corrected chi connectivity index (χ3v) is 8.23. The standard InChI is InChI=1S/C14H29NO5Si/c1-7-8-19-10-11(15-13(17)18)12(9-16)20-21(5,6)14(2,3)4/h7,11-12,15-16H,1,8-10H2,2-6H3,(H,17,18)/t11-,12+/m0/s1. The Labute approximate surface area is 128 Å². The van der Waals surface area contributed by atoms with Crippen molar-refractivity contribution in [2.24, 2.45) is 0 Å². The predicted molar refractivity (Wildman–Crippen MR) is 85.1 cm³/mol. The second kappa shape index (κ2) is 8.53. The van der Waals surface area contributed by atoms with E-state index in [9.17, 15) is 9.90 Å². The molecule has 3 N–H and O–H groups in total. The van der Waals surface area contributed by atoms with Gasteiger partial charge in [0, 0.05) is 0 Å². The minimum Gasteiger partial charge on any atom is -0.465 e. The van der Waals surface area contributed by atoms with E-state index in [0.717, 1.165) is 0 Å². The predicted octanol–water partition coefficient (Wildman–Crippen LogP) is 2.21. The van der Waals surface area contributed by atoms with Crippen molar-refractivity contribution in [3.05, 3.63) is 12.7 Å². The molecule has 0 aliphatic carbocycles. The second-order valence-corrected chi connectivity index (χ2v) is 11.2. The number of amides is 1. The van der Waals surface area contributed by atoms with Crippen LogP contribution in [0.2, 0.25) is 18.1 Å². The van der Waals surface area contributed by atoms with Gasteiger partial charge in [-0.15, -0.1) is 6.58 Å². The minimum absolute atomic E-state index is 0.0316. The van der Waals surface area contributed by atoms with Gasteiger partial charge in [-0.05, 0) is 18.1 Å². The molecule has 0 rings (SSSR count). The maximum absolute atomic E-state index is 10.9. The van der Waals surface area contributed by atoms with Crippen molar-refractivity contribution in [2.75, 3.05) is 19.8 Å². The lowest BCUT2D eigenvalue weighted by Gasteiger charge is -2.40. The highest BCUT2D eigenvalue weighted by Gasteiger charge is 2.41. The van der Waals surface area contributed by atoms with Crippen LogP contribution in [0.25, 0.3) is 0 Å². The zero-order valence-corrected chi connectivity index (χ0v) is 14.7. The number of carbonyl (C=O) groups is 1. The van der Waals surface area contributed by atoms with E-state index < -0.39 is 26.6 Å². The van der Waals surface area contributed by atoms with Gasteiger partial charge in [0.1, 0.15) is 0 Å². The summed E-state index contributed by atoms with van der Waals surface area (Å²) >= 11 is 0. The average molecular weight is 319 g/mol. The summed E-state index contributed by atoms with van der Waals surface area (Å²) in [5.74, 6) is 0. The maximum atomic E-state index is 10.9. The smallest absolute Gasteiger partial charge is 0.405 e. The van der Waals surface area contributed by atoms with Crippen LogP contribution in [-0.4, -0.2) is 56.6 Å². The van der Waals surface area contributed by atoms with Crippen LogP contribution in [0, 0.1) is 0 Å². The monoisotopic (exact) mass is 319 g/mol. The molecule has 1 amide bonds. The molecule has 21 heavy (non-hydrogen) atoms. The van der Waals surface area contributed by atoms with Gasteiger partial charge in [-0.3, -0.25) is 0 Å². The first-order chi connectivity index (χ1) is 9.55. The van der Waals surface area contributed by atoms with Gasteiger partial charge < -0.3 is 24.7 Å². The second-order valence-electron chi connectivity index (χ2n) is 6.48. The van der Waals surface area contributed by atoms with Crippen molar-refractivity contribution in [2.45, 2.75) is 51.0 Å². The molecule has 6 nitrogen and oxygen atoms in total. The summed E-state index contributed by atoms with van der Waals surface area (Å²) in [6, 6.07) is -0.624. The first-order valence-electron chi connectivity index (χ1n) is 7.02. The Kier molecular flexibility index (Phi) is 8.16. The molecule has 0 heterocycles. The fourth-order valence-electron chi connectivity index (χ4n) is 1.48. The first kappa shape index (κ1) is 20.1. The third-order valence-electron chi connectivity index (χ3n) is 3.72. The Morgan fingerprint density at radius 3 is 2.38 bits per heavy atom. The number of ether oxygens (including phenoxy) is 1. The van der Waals surface area contributed by atoms with Gasteiger partial charge in [-0.25, -0.2) is 4.79 Å². The Hall–Kier alpha value is -0.893. The van der Waals surface area contributed by atoms with E-state index in [4.69, 9.17) is 14.3 Å². The van der Waals surface area contributed by atoms with Crippen LogP contribution in [0.15, 0.2) is 12.7 Å². The van der Waals surface area contributed by atoms with Gasteiger partial charge in [0.2, 0.25) is 0 Å². The van der Waals surface area contributed by atoms with Crippen molar-refractivity contribution in [3.8, 4) is 0 Å². The molecule has 0 unspecified atom stereocenters. The fourth-order valence-corrected chi connectivity index (χ4v) is 2.83. The summed E-state index contributed by atoms with van der Waals surface area (Å²) in [5, 5.41) is 20.8. The van der Waals surface area contributed by atoms with Crippen molar-refractivity contribution in [3.63, 3.8) is 0 Å². The van der Waals surface area contributed by atoms with Crippen molar-refractivity contribution in [1.29, 1.82) is 0 Å². The Bertz CT molecular complexity index is 341. The van der Waals surface area contributed by atoms with Crippen LogP contribution in [-0.2, 0) is 9.16 Å². The Balaban J connectivity index is 4.94. The summed E-state index contributed by atoms with van der Waals surface area (Å²) in [6.45, 7) is 14.1. The van der Waals surface area contributed by atoms with Crippen LogP contribution in [0.5, 0.6) is 0 Å². The molecular weight excluding hydrogens is 290 g/mol. The SMILES string of the molecule is C=CCOC[C@H](NC(=O)O)[C@@H](CO)O[Si](C)(C)C(C)(C)C. The lowest BCUT2D eigenvalue weighted by atomic mass is 10.2. The number of aliphatic hydroxyl groups excluding tert-OH is 1. The van der Waals surface area contributed by atoms with E-state index in [1.807, 2.05) is 0 Å². The topological polar surface area (TPSA) is 88.0 Å². The van der Waals surface area contributed by atoms with Crippen LogP contribution in [0.1, 0.15) is 20.8 Å². The van der Waals surface area contributed by atoms with Gasteiger partial charge >= 0.3 is 6.09 Å². The molecule has 0 aromatic carbocycles. The third kappa shape index (κ3) is 7.08. The quantitative estimate of drug-likeness (QED) is 0.344. The average Bonchev–Trinajstić information content (AvgIpc) is 2.33. The van der Waals surface area contributed by atoms with Gasteiger partial charge in [-0.1, -0.05) is 26.8 Å². The zero-order chi connectivity index (χ0) is 16.7. The van der Waals surface area contributed by atoms with E-state index >= 15 is 0 Å². The van der Waals surface area contributed by atoms with E-state index in [-0.39, 0.29) is 18.3 Å². The first-order valence-corrected chi connectivity index (χ1v) is 9.92. The van der Waals surface area contributed by atoms with E-state index in [2.05, 4.69) is 45.8 Å². The molecule has 0 fully saturated rings. The van der Waals surface area contributed by atoms with E-state index in [1.54, 1.807) is 6.08 Å². The molecule has 0 spiro atoms. The molecule has 0 aliphatic heterocycles. The van der Waals surface area contributed by atoms with Gasteiger partial charge in [-0.2, -0.15) is 0 Å². The summed E-state index contributed by atoms with van der Waals surface area (Å²) < 4.78 is 11.4. The highest BCUT2D eigenvalue weighted by Crippen LogP contribution is 2.37. The number of rotatable bonds is 9. The fraction of sp³-hybridized carbons (Fsp3) is 0.786. The highest BCUT2D eigenvalue weighted by molar-refractivity contribution is 6.74. The van der Waals surface area contributed by atoms with Crippen LogP contribution in [0.4, 0.5) is 4.79 Å². The molecule has 0 bridgehead atoms. The highest BCUT2D eigenvalue weighted by atomic mass is 28.4.